The number of rotatable bonds is 7. The third kappa shape index (κ3) is 5.32. The molecule has 2 aliphatic rings. The van der Waals surface area contributed by atoms with Gasteiger partial charge in [0.15, 0.2) is 0 Å². The van der Waals surface area contributed by atoms with E-state index in [1.54, 1.807) is 0 Å². The Balaban J connectivity index is 1.46. The predicted molar refractivity (Wildman–Crippen MR) is 109 cm³/mol. The fourth-order valence-corrected chi connectivity index (χ4v) is 4.96. The van der Waals surface area contributed by atoms with Crippen molar-refractivity contribution in [2.45, 2.75) is 39.5 Å². The van der Waals surface area contributed by atoms with Gasteiger partial charge in [-0.15, -0.1) is 0 Å². The van der Waals surface area contributed by atoms with Crippen molar-refractivity contribution >= 4 is 5.91 Å². The van der Waals surface area contributed by atoms with Crippen molar-refractivity contribution in [2.75, 3.05) is 39.3 Å². The Bertz CT molecular complexity index is 581. The monoisotopic (exact) mass is 372 g/mol. The van der Waals surface area contributed by atoms with Crippen molar-refractivity contribution in [3.8, 4) is 0 Å². The van der Waals surface area contributed by atoms with Crippen LogP contribution in [-0.2, 0) is 11.2 Å². The number of aliphatic hydroxyl groups is 1. The summed E-state index contributed by atoms with van der Waals surface area (Å²) in [5, 5.41) is 9.91. The highest BCUT2D eigenvalue weighted by Gasteiger charge is 2.38. The normalized spacial score (nSPS) is 24.7. The first-order valence-corrected chi connectivity index (χ1v) is 10.7. The topological polar surface area (TPSA) is 43.8 Å². The van der Waals surface area contributed by atoms with Gasteiger partial charge in [0.05, 0.1) is 0 Å². The molecule has 1 aromatic rings. The van der Waals surface area contributed by atoms with E-state index >= 15 is 0 Å². The lowest BCUT2D eigenvalue weighted by molar-refractivity contribution is -0.136. The summed E-state index contributed by atoms with van der Waals surface area (Å²) in [6, 6.07) is 10.7. The van der Waals surface area contributed by atoms with Gasteiger partial charge in [-0.1, -0.05) is 44.2 Å². The Morgan fingerprint density at radius 3 is 2.48 bits per heavy atom. The molecule has 2 aliphatic heterocycles. The number of likely N-dealkylation sites (tertiary alicyclic amines) is 2. The highest BCUT2D eigenvalue weighted by atomic mass is 16.3. The molecule has 3 rings (SSSR count). The second kappa shape index (κ2) is 9.70. The molecule has 0 spiro atoms. The van der Waals surface area contributed by atoms with Crippen molar-refractivity contribution in [3.05, 3.63) is 35.9 Å². The summed E-state index contributed by atoms with van der Waals surface area (Å²) >= 11 is 0. The number of aliphatic hydroxyl groups excluding tert-OH is 1. The molecule has 1 N–H and O–H groups in total. The van der Waals surface area contributed by atoms with Crippen LogP contribution >= 0.6 is 0 Å². The van der Waals surface area contributed by atoms with Crippen molar-refractivity contribution in [1.82, 2.24) is 9.80 Å². The molecule has 0 radical (unpaired) electrons. The average molecular weight is 373 g/mol. The van der Waals surface area contributed by atoms with Crippen LogP contribution in [-0.4, -0.2) is 60.1 Å². The molecule has 27 heavy (non-hydrogen) atoms. The van der Waals surface area contributed by atoms with Crippen LogP contribution in [0, 0.1) is 23.7 Å². The number of hydrogen-bond donors (Lipinski definition) is 1. The number of nitrogens with zero attached hydrogens (tertiary/aromatic N) is 2. The minimum Gasteiger partial charge on any atom is -0.396 e. The molecule has 150 valence electrons. The van der Waals surface area contributed by atoms with Crippen LogP contribution in [0.3, 0.4) is 0 Å². The van der Waals surface area contributed by atoms with E-state index in [4.69, 9.17) is 0 Å². The third-order valence-electron chi connectivity index (χ3n) is 6.54. The van der Waals surface area contributed by atoms with Gasteiger partial charge in [-0.3, -0.25) is 4.79 Å². The van der Waals surface area contributed by atoms with Crippen molar-refractivity contribution in [1.29, 1.82) is 0 Å². The first-order chi connectivity index (χ1) is 13.1. The standard InChI is InChI=1S/C23H36N2O2/c1-18(2)23(27)25-13-10-20(11-14-25)22-16-24(15-21(22)17-26)12-6-9-19-7-4-3-5-8-19/h3-5,7-8,18,20-22,26H,6,9-17H2,1-2H3. The summed E-state index contributed by atoms with van der Waals surface area (Å²) in [6.45, 7) is 9.32. The summed E-state index contributed by atoms with van der Waals surface area (Å²) in [5.41, 5.74) is 1.41. The van der Waals surface area contributed by atoms with E-state index < -0.39 is 0 Å². The Morgan fingerprint density at radius 2 is 1.85 bits per heavy atom. The molecule has 2 fully saturated rings. The molecular formula is C23H36N2O2. The zero-order valence-corrected chi connectivity index (χ0v) is 17.0. The third-order valence-corrected chi connectivity index (χ3v) is 6.54. The molecule has 2 unspecified atom stereocenters. The Morgan fingerprint density at radius 1 is 1.15 bits per heavy atom. The quantitative estimate of drug-likeness (QED) is 0.800. The number of amides is 1. The maximum absolute atomic E-state index is 12.2. The molecule has 2 heterocycles. The zero-order chi connectivity index (χ0) is 19.2. The van der Waals surface area contributed by atoms with E-state index in [1.807, 2.05) is 18.7 Å². The molecular weight excluding hydrogens is 336 g/mol. The molecule has 0 aromatic heterocycles. The first kappa shape index (κ1) is 20.3. The van der Waals surface area contributed by atoms with Crippen LogP contribution in [0.4, 0.5) is 0 Å². The van der Waals surface area contributed by atoms with Crippen LogP contribution in [0.2, 0.25) is 0 Å². The second-order valence-electron chi connectivity index (χ2n) is 8.77. The summed E-state index contributed by atoms with van der Waals surface area (Å²) in [6.07, 6.45) is 4.49. The summed E-state index contributed by atoms with van der Waals surface area (Å²) in [5.74, 6) is 2.03. The molecule has 0 aliphatic carbocycles. The smallest absolute Gasteiger partial charge is 0.225 e. The predicted octanol–water partition coefficient (Wildman–Crippen LogP) is 3.05. The van der Waals surface area contributed by atoms with Gasteiger partial charge in [0, 0.05) is 38.7 Å². The van der Waals surface area contributed by atoms with Gasteiger partial charge in [0.1, 0.15) is 0 Å². The van der Waals surface area contributed by atoms with Gasteiger partial charge >= 0.3 is 0 Å². The van der Waals surface area contributed by atoms with E-state index in [0.29, 0.717) is 30.3 Å². The lowest BCUT2D eigenvalue weighted by Gasteiger charge is -2.37. The number of hydrogen-bond acceptors (Lipinski definition) is 3. The number of carbonyl (C=O) groups is 1. The maximum Gasteiger partial charge on any atom is 0.225 e. The number of carbonyl (C=O) groups excluding carboxylic acids is 1. The number of benzene rings is 1. The largest absolute Gasteiger partial charge is 0.396 e. The molecule has 1 aromatic carbocycles. The van der Waals surface area contributed by atoms with Crippen LogP contribution < -0.4 is 0 Å². The molecule has 4 nitrogen and oxygen atoms in total. The minimum absolute atomic E-state index is 0.0957. The van der Waals surface area contributed by atoms with Crippen molar-refractivity contribution < 1.29 is 9.90 Å². The van der Waals surface area contributed by atoms with Gasteiger partial charge in [-0.2, -0.15) is 0 Å². The van der Waals surface area contributed by atoms with E-state index in [2.05, 4.69) is 35.2 Å². The van der Waals surface area contributed by atoms with Crippen molar-refractivity contribution in [3.63, 3.8) is 0 Å². The van der Waals surface area contributed by atoms with Gasteiger partial charge in [0.25, 0.3) is 0 Å². The van der Waals surface area contributed by atoms with Crippen LogP contribution in [0.1, 0.15) is 38.7 Å². The summed E-state index contributed by atoms with van der Waals surface area (Å²) < 4.78 is 0. The fraction of sp³-hybridized carbons (Fsp3) is 0.696. The van der Waals surface area contributed by atoms with Gasteiger partial charge in [0.2, 0.25) is 5.91 Å². The van der Waals surface area contributed by atoms with E-state index in [1.165, 1.54) is 12.0 Å². The van der Waals surface area contributed by atoms with E-state index in [9.17, 15) is 9.90 Å². The van der Waals surface area contributed by atoms with Crippen LogP contribution in [0.25, 0.3) is 0 Å². The summed E-state index contributed by atoms with van der Waals surface area (Å²) in [7, 11) is 0. The number of aryl methyl sites for hydroxylation is 1. The maximum atomic E-state index is 12.2. The van der Waals surface area contributed by atoms with Gasteiger partial charge in [-0.25, -0.2) is 0 Å². The van der Waals surface area contributed by atoms with Crippen LogP contribution in [0.5, 0.6) is 0 Å². The van der Waals surface area contributed by atoms with E-state index in [0.717, 1.165) is 52.0 Å². The second-order valence-corrected chi connectivity index (χ2v) is 8.77. The highest BCUT2D eigenvalue weighted by Crippen LogP contribution is 2.35. The molecule has 0 bridgehead atoms. The summed E-state index contributed by atoms with van der Waals surface area (Å²) in [4.78, 5) is 16.8. The highest BCUT2D eigenvalue weighted by molar-refractivity contribution is 5.78. The van der Waals surface area contributed by atoms with Crippen LogP contribution in [0.15, 0.2) is 30.3 Å². The zero-order valence-electron chi connectivity index (χ0n) is 17.0. The molecule has 2 atom stereocenters. The lowest BCUT2D eigenvalue weighted by Crippen LogP contribution is -2.43. The first-order valence-electron chi connectivity index (χ1n) is 10.7. The Hall–Kier alpha value is -1.39. The van der Waals surface area contributed by atoms with Gasteiger partial charge in [-0.05, 0) is 55.5 Å². The Kier molecular flexibility index (Phi) is 7.31. The Labute approximate surface area is 164 Å². The van der Waals surface area contributed by atoms with Crippen molar-refractivity contribution in [2.24, 2.45) is 23.7 Å². The number of piperidine rings is 1. The van der Waals surface area contributed by atoms with E-state index in [-0.39, 0.29) is 5.92 Å². The molecule has 0 saturated carbocycles. The minimum atomic E-state index is 0.0957. The molecule has 4 heteroatoms. The average Bonchev–Trinajstić information content (AvgIpc) is 3.11. The van der Waals surface area contributed by atoms with Gasteiger partial charge < -0.3 is 14.9 Å². The lowest BCUT2D eigenvalue weighted by atomic mass is 9.78. The molecule has 2 saturated heterocycles. The fourth-order valence-electron chi connectivity index (χ4n) is 4.96. The molecule has 1 amide bonds. The SMILES string of the molecule is CC(C)C(=O)N1CCC(C2CN(CCCc3ccccc3)CC2CO)CC1.